The van der Waals surface area contributed by atoms with Crippen LogP contribution < -0.4 is 14.4 Å². The molecular formula is C22H30N2O4S. The number of nitrogens with one attached hydrogen (secondary N) is 1. The molecule has 0 radical (unpaired) electrons. The fourth-order valence-corrected chi connectivity index (χ4v) is 4.16. The third-order valence-corrected chi connectivity index (χ3v) is 5.96. The normalized spacial score (nSPS) is 12.5. The number of anilines is 1. The zero-order valence-corrected chi connectivity index (χ0v) is 18.7. The second kappa shape index (κ2) is 9.31. The summed E-state index contributed by atoms with van der Waals surface area (Å²) in [5.41, 5.74) is 3.51. The Hall–Kier alpha value is -2.54. The zero-order chi connectivity index (χ0) is 21.8. The van der Waals surface area contributed by atoms with Gasteiger partial charge in [-0.1, -0.05) is 32.0 Å². The highest BCUT2D eigenvalue weighted by molar-refractivity contribution is 7.92. The van der Waals surface area contributed by atoms with Crippen molar-refractivity contribution in [3.05, 3.63) is 59.2 Å². The molecule has 0 aliphatic rings. The molecule has 0 aromatic heterocycles. The van der Waals surface area contributed by atoms with Crippen molar-refractivity contribution in [2.24, 2.45) is 0 Å². The largest absolute Gasteiger partial charge is 0.496 e. The van der Waals surface area contributed by atoms with Crippen molar-refractivity contribution >= 4 is 21.6 Å². The molecule has 0 fully saturated rings. The summed E-state index contributed by atoms with van der Waals surface area (Å²) in [5.74, 6) is 0.728. The predicted octanol–water partition coefficient (Wildman–Crippen LogP) is 3.77. The van der Waals surface area contributed by atoms with Gasteiger partial charge in [0.05, 0.1) is 25.1 Å². The molecular weight excluding hydrogens is 388 g/mol. The van der Waals surface area contributed by atoms with E-state index in [0.717, 1.165) is 33.0 Å². The standard InChI is InChI=1S/C22H30N2O4S/c1-15(2)19-13-20(16(3)12-21(19)28-5)17(4)23-22(25)14-24(29(6,26)27)18-10-8-7-9-11-18/h7-13,15,17H,14H2,1-6H3,(H,23,25). The molecule has 158 valence electrons. The quantitative estimate of drug-likeness (QED) is 0.708. The van der Waals surface area contributed by atoms with Crippen LogP contribution in [-0.2, 0) is 14.8 Å². The fourth-order valence-electron chi connectivity index (χ4n) is 3.30. The smallest absolute Gasteiger partial charge is 0.241 e. The summed E-state index contributed by atoms with van der Waals surface area (Å²) >= 11 is 0. The lowest BCUT2D eigenvalue weighted by molar-refractivity contribution is -0.120. The number of methoxy groups -OCH3 is 1. The van der Waals surface area contributed by atoms with E-state index in [0.29, 0.717) is 5.69 Å². The molecule has 2 aromatic rings. The number of carbonyl (C=O) groups excluding carboxylic acids is 1. The maximum absolute atomic E-state index is 12.7. The van der Waals surface area contributed by atoms with Crippen molar-refractivity contribution in [1.82, 2.24) is 5.32 Å². The van der Waals surface area contributed by atoms with E-state index in [1.165, 1.54) is 0 Å². The van der Waals surface area contributed by atoms with Gasteiger partial charge in [-0.05, 0) is 60.7 Å². The highest BCUT2D eigenvalue weighted by Gasteiger charge is 2.22. The van der Waals surface area contributed by atoms with Crippen LogP contribution in [0.5, 0.6) is 5.75 Å². The molecule has 0 saturated carbocycles. The van der Waals surface area contributed by atoms with Crippen LogP contribution in [0, 0.1) is 6.92 Å². The lowest BCUT2D eigenvalue weighted by Crippen LogP contribution is -2.41. The number of nitrogens with zero attached hydrogens (tertiary/aromatic N) is 1. The van der Waals surface area contributed by atoms with Crippen LogP contribution in [0.15, 0.2) is 42.5 Å². The molecule has 0 spiro atoms. The number of aryl methyl sites for hydroxylation is 1. The van der Waals surface area contributed by atoms with E-state index >= 15 is 0 Å². The Balaban J connectivity index is 2.23. The Kier molecular flexibility index (Phi) is 7.30. The van der Waals surface area contributed by atoms with Crippen LogP contribution in [0.2, 0.25) is 0 Å². The van der Waals surface area contributed by atoms with E-state index in [1.807, 2.05) is 19.9 Å². The number of benzene rings is 2. The van der Waals surface area contributed by atoms with Crippen LogP contribution in [0.1, 0.15) is 49.4 Å². The number of hydrogen-bond donors (Lipinski definition) is 1. The fraction of sp³-hybridized carbons (Fsp3) is 0.409. The topological polar surface area (TPSA) is 75.7 Å². The van der Waals surface area contributed by atoms with Gasteiger partial charge in [-0.2, -0.15) is 0 Å². The molecule has 1 atom stereocenters. The van der Waals surface area contributed by atoms with Crippen LogP contribution in [0.25, 0.3) is 0 Å². The van der Waals surface area contributed by atoms with Gasteiger partial charge in [0.25, 0.3) is 0 Å². The molecule has 0 saturated heterocycles. The van der Waals surface area contributed by atoms with Crippen molar-refractivity contribution in [2.75, 3.05) is 24.2 Å². The van der Waals surface area contributed by atoms with Gasteiger partial charge in [0.15, 0.2) is 0 Å². The van der Waals surface area contributed by atoms with E-state index in [1.54, 1.807) is 37.4 Å². The first-order valence-corrected chi connectivity index (χ1v) is 11.4. The van der Waals surface area contributed by atoms with Crippen LogP contribution in [-0.4, -0.2) is 34.2 Å². The highest BCUT2D eigenvalue weighted by atomic mass is 32.2. The Morgan fingerprint density at radius 3 is 2.24 bits per heavy atom. The van der Waals surface area contributed by atoms with Crippen molar-refractivity contribution in [2.45, 2.75) is 39.7 Å². The average Bonchev–Trinajstić information content (AvgIpc) is 2.65. The van der Waals surface area contributed by atoms with Gasteiger partial charge < -0.3 is 10.1 Å². The Bertz CT molecular complexity index is 956. The molecule has 0 bridgehead atoms. The SMILES string of the molecule is COc1cc(C)c(C(C)NC(=O)CN(c2ccccc2)S(C)(=O)=O)cc1C(C)C. The van der Waals surface area contributed by atoms with Gasteiger partial charge in [0, 0.05) is 0 Å². The predicted molar refractivity (Wildman–Crippen MR) is 117 cm³/mol. The molecule has 29 heavy (non-hydrogen) atoms. The summed E-state index contributed by atoms with van der Waals surface area (Å²) < 4.78 is 31.0. The van der Waals surface area contributed by atoms with Gasteiger partial charge in [-0.15, -0.1) is 0 Å². The minimum atomic E-state index is -3.59. The second-order valence-corrected chi connectivity index (χ2v) is 9.41. The Morgan fingerprint density at radius 2 is 1.72 bits per heavy atom. The zero-order valence-electron chi connectivity index (χ0n) is 17.9. The minimum absolute atomic E-state index is 0.269. The Morgan fingerprint density at radius 1 is 1.10 bits per heavy atom. The van der Waals surface area contributed by atoms with Crippen molar-refractivity contribution < 1.29 is 17.9 Å². The molecule has 0 heterocycles. The maximum Gasteiger partial charge on any atom is 0.241 e. The van der Waals surface area contributed by atoms with Gasteiger partial charge >= 0.3 is 0 Å². The molecule has 1 unspecified atom stereocenters. The summed E-state index contributed by atoms with van der Waals surface area (Å²) in [6.07, 6.45) is 1.10. The van der Waals surface area contributed by atoms with Gasteiger partial charge in [-0.3, -0.25) is 9.10 Å². The number of hydrogen-bond acceptors (Lipinski definition) is 4. The summed E-state index contributed by atoms with van der Waals surface area (Å²) in [6, 6.07) is 12.4. The van der Waals surface area contributed by atoms with Crippen LogP contribution >= 0.6 is 0 Å². The monoisotopic (exact) mass is 418 g/mol. The third kappa shape index (κ3) is 5.73. The van der Waals surface area contributed by atoms with E-state index in [9.17, 15) is 13.2 Å². The average molecular weight is 419 g/mol. The van der Waals surface area contributed by atoms with Gasteiger partial charge in [-0.25, -0.2) is 8.42 Å². The summed E-state index contributed by atoms with van der Waals surface area (Å²) in [6.45, 7) is 7.76. The molecule has 0 aliphatic carbocycles. The molecule has 1 N–H and O–H groups in total. The lowest BCUT2D eigenvalue weighted by Gasteiger charge is -2.24. The summed E-state index contributed by atoms with van der Waals surface area (Å²) in [5, 5.41) is 2.93. The maximum atomic E-state index is 12.7. The molecule has 6 nitrogen and oxygen atoms in total. The number of carbonyl (C=O) groups is 1. The first-order valence-electron chi connectivity index (χ1n) is 9.55. The summed E-state index contributed by atoms with van der Waals surface area (Å²) in [7, 11) is -1.94. The number of para-hydroxylation sites is 1. The minimum Gasteiger partial charge on any atom is -0.496 e. The highest BCUT2D eigenvalue weighted by Crippen LogP contribution is 2.32. The number of rotatable bonds is 8. The van der Waals surface area contributed by atoms with E-state index in [-0.39, 0.29) is 24.4 Å². The van der Waals surface area contributed by atoms with Gasteiger partial charge in [0.1, 0.15) is 12.3 Å². The van der Waals surface area contributed by atoms with E-state index in [2.05, 4.69) is 25.2 Å². The third-order valence-electron chi connectivity index (χ3n) is 4.82. The molecule has 1 amide bonds. The second-order valence-electron chi connectivity index (χ2n) is 7.50. The lowest BCUT2D eigenvalue weighted by atomic mass is 9.93. The van der Waals surface area contributed by atoms with Crippen molar-refractivity contribution in [3.63, 3.8) is 0 Å². The van der Waals surface area contributed by atoms with E-state index < -0.39 is 10.0 Å². The number of ether oxygens (including phenoxy) is 1. The number of amides is 1. The number of sulfonamides is 1. The van der Waals surface area contributed by atoms with E-state index in [4.69, 9.17) is 4.74 Å². The van der Waals surface area contributed by atoms with Crippen molar-refractivity contribution in [3.8, 4) is 5.75 Å². The molecule has 2 rings (SSSR count). The Labute approximate surface area is 173 Å². The molecule has 0 aliphatic heterocycles. The first-order chi connectivity index (χ1) is 13.5. The van der Waals surface area contributed by atoms with Crippen molar-refractivity contribution in [1.29, 1.82) is 0 Å². The van der Waals surface area contributed by atoms with Crippen LogP contribution in [0.3, 0.4) is 0 Å². The molecule has 7 heteroatoms. The summed E-state index contributed by atoms with van der Waals surface area (Å²) in [4.78, 5) is 12.7. The molecule has 2 aromatic carbocycles. The first kappa shape index (κ1) is 22.7. The van der Waals surface area contributed by atoms with Crippen LogP contribution in [0.4, 0.5) is 5.69 Å². The van der Waals surface area contributed by atoms with Gasteiger partial charge in [0.2, 0.25) is 15.9 Å².